The molecule has 7 heteroatoms. The zero-order chi connectivity index (χ0) is 11.5. The van der Waals surface area contributed by atoms with Crippen LogP contribution in [0.3, 0.4) is 0 Å². The summed E-state index contributed by atoms with van der Waals surface area (Å²) in [5.41, 5.74) is 5.56. The van der Waals surface area contributed by atoms with E-state index in [9.17, 15) is 4.79 Å². The molecule has 0 spiro atoms. The van der Waals surface area contributed by atoms with Gasteiger partial charge < -0.3 is 10.5 Å². The first kappa shape index (κ1) is 10.6. The monoisotopic (exact) mass is 223 g/mol. The van der Waals surface area contributed by atoms with E-state index in [0.29, 0.717) is 30.5 Å². The van der Waals surface area contributed by atoms with Gasteiger partial charge in [0.25, 0.3) is 0 Å². The predicted molar refractivity (Wildman–Crippen MR) is 57.5 cm³/mol. The maximum Gasteiger partial charge on any atom is 0.349 e. The summed E-state index contributed by atoms with van der Waals surface area (Å²) < 4.78 is 6.77. The highest BCUT2D eigenvalue weighted by Crippen LogP contribution is 2.10. The summed E-state index contributed by atoms with van der Waals surface area (Å²) in [7, 11) is 0. The number of nitrogens with two attached hydrogens (primary N) is 1. The van der Waals surface area contributed by atoms with E-state index in [1.807, 2.05) is 0 Å². The van der Waals surface area contributed by atoms with Gasteiger partial charge >= 0.3 is 5.69 Å². The highest BCUT2D eigenvalue weighted by Gasteiger charge is 2.07. The van der Waals surface area contributed by atoms with Crippen molar-refractivity contribution in [3.63, 3.8) is 0 Å². The molecular weight excluding hydrogens is 210 g/mol. The lowest BCUT2D eigenvalue weighted by Crippen LogP contribution is -2.14. The van der Waals surface area contributed by atoms with Crippen LogP contribution in [0.5, 0.6) is 5.88 Å². The smallest absolute Gasteiger partial charge is 0.349 e. The lowest BCUT2D eigenvalue weighted by molar-refractivity contribution is 0.300. The Hall–Kier alpha value is -1.89. The molecular formula is C9H13N5O2. The Morgan fingerprint density at radius 1 is 1.62 bits per heavy atom. The average Bonchev–Trinajstić information content (AvgIpc) is 2.61. The van der Waals surface area contributed by atoms with Gasteiger partial charge in [0.2, 0.25) is 5.88 Å². The van der Waals surface area contributed by atoms with Crippen molar-refractivity contribution in [3.05, 3.63) is 22.4 Å². The fraction of sp³-hybridized carbons (Fsp3) is 0.444. The van der Waals surface area contributed by atoms with Crippen LogP contribution >= 0.6 is 0 Å². The van der Waals surface area contributed by atoms with E-state index in [1.54, 1.807) is 13.0 Å². The molecule has 2 aromatic rings. The lowest BCUT2D eigenvalue weighted by Gasteiger charge is -2.05. The standard InChI is InChI=1S/C9H13N5O2/c1-6-11-8(16-4-2-3-10)5-7-12-13-9(15)14(6)7/h5H,2-4,10H2,1H3,(H,13,15). The van der Waals surface area contributed by atoms with Crippen molar-refractivity contribution in [3.8, 4) is 5.88 Å². The zero-order valence-corrected chi connectivity index (χ0v) is 8.93. The number of nitrogens with zero attached hydrogens (tertiary/aromatic N) is 3. The van der Waals surface area contributed by atoms with Crippen LogP contribution in [0, 0.1) is 6.92 Å². The summed E-state index contributed by atoms with van der Waals surface area (Å²) in [6.45, 7) is 2.80. The number of aromatic amines is 1. The van der Waals surface area contributed by atoms with Crippen LogP contribution in [-0.2, 0) is 0 Å². The van der Waals surface area contributed by atoms with Gasteiger partial charge in [-0.1, -0.05) is 0 Å². The van der Waals surface area contributed by atoms with Gasteiger partial charge in [0.05, 0.1) is 6.61 Å². The Bertz CT molecular complexity index is 544. The Kier molecular flexibility index (Phi) is 2.86. The predicted octanol–water partition coefficient (Wildman–Crippen LogP) is -0.546. The Labute approximate surface area is 91.3 Å². The van der Waals surface area contributed by atoms with E-state index in [1.165, 1.54) is 4.40 Å². The molecule has 0 saturated heterocycles. The van der Waals surface area contributed by atoms with Crippen molar-refractivity contribution in [2.24, 2.45) is 5.73 Å². The number of aryl methyl sites for hydroxylation is 1. The second kappa shape index (κ2) is 4.31. The van der Waals surface area contributed by atoms with Gasteiger partial charge in [-0.15, -0.1) is 0 Å². The van der Waals surface area contributed by atoms with Crippen molar-refractivity contribution < 1.29 is 4.74 Å². The second-order valence-corrected chi connectivity index (χ2v) is 3.35. The van der Waals surface area contributed by atoms with Crippen molar-refractivity contribution in [1.82, 2.24) is 19.6 Å². The average molecular weight is 223 g/mol. The number of H-pyrrole nitrogens is 1. The number of fused-ring (bicyclic) bond motifs is 1. The van der Waals surface area contributed by atoms with Gasteiger partial charge in [0.15, 0.2) is 5.65 Å². The molecule has 0 radical (unpaired) electrons. The third kappa shape index (κ3) is 1.89. The number of ether oxygens (including phenoxy) is 1. The van der Waals surface area contributed by atoms with Crippen LogP contribution in [0.25, 0.3) is 5.65 Å². The molecule has 0 saturated carbocycles. The molecule has 0 amide bonds. The molecule has 3 N–H and O–H groups in total. The first-order valence-electron chi connectivity index (χ1n) is 5.00. The Morgan fingerprint density at radius 3 is 3.19 bits per heavy atom. The van der Waals surface area contributed by atoms with Gasteiger partial charge in [-0.05, 0) is 19.9 Å². The topological polar surface area (TPSA) is 98.3 Å². The quantitative estimate of drug-likeness (QED) is 0.678. The van der Waals surface area contributed by atoms with Gasteiger partial charge in [-0.2, -0.15) is 10.1 Å². The summed E-state index contributed by atoms with van der Waals surface area (Å²) >= 11 is 0. The van der Waals surface area contributed by atoms with Crippen LogP contribution in [0.4, 0.5) is 0 Å². The first-order valence-corrected chi connectivity index (χ1v) is 5.00. The van der Waals surface area contributed by atoms with Crippen LogP contribution in [0.1, 0.15) is 12.2 Å². The molecule has 0 aliphatic heterocycles. The highest BCUT2D eigenvalue weighted by atomic mass is 16.5. The molecule has 0 atom stereocenters. The molecule has 7 nitrogen and oxygen atoms in total. The fourth-order valence-corrected chi connectivity index (χ4v) is 1.40. The van der Waals surface area contributed by atoms with Gasteiger partial charge in [0, 0.05) is 6.07 Å². The summed E-state index contributed by atoms with van der Waals surface area (Å²) in [4.78, 5) is 15.5. The molecule has 0 bridgehead atoms. The number of rotatable bonds is 4. The van der Waals surface area contributed by atoms with E-state index < -0.39 is 0 Å². The third-order valence-corrected chi connectivity index (χ3v) is 2.14. The minimum atomic E-state index is -0.298. The van der Waals surface area contributed by atoms with Crippen LogP contribution < -0.4 is 16.2 Å². The second-order valence-electron chi connectivity index (χ2n) is 3.35. The maximum absolute atomic E-state index is 11.3. The summed E-state index contributed by atoms with van der Waals surface area (Å²) in [5.74, 6) is 0.997. The largest absolute Gasteiger partial charge is 0.477 e. The lowest BCUT2D eigenvalue weighted by atomic mass is 10.4. The van der Waals surface area contributed by atoms with Crippen molar-refractivity contribution >= 4 is 5.65 Å². The summed E-state index contributed by atoms with van der Waals surface area (Å²) in [6, 6.07) is 1.61. The Morgan fingerprint density at radius 2 is 2.44 bits per heavy atom. The molecule has 2 heterocycles. The van der Waals surface area contributed by atoms with Gasteiger partial charge in [-0.3, -0.25) is 0 Å². The van der Waals surface area contributed by atoms with Crippen molar-refractivity contribution in [1.29, 1.82) is 0 Å². The fourth-order valence-electron chi connectivity index (χ4n) is 1.40. The molecule has 0 fully saturated rings. The molecule has 2 aromatic heterocycles. The van der Waals surface area contributed by atoms with Crippen molar-refractivity contribution in [2.45, 2.75) is 13.3 Å². The third-order valence-electron chi connectivity index (χ3n) is 2.14. The zero-order valence-electron chi connectivity index (χ0n) is 8.93. The van der Waals surface area contributed by atoms with Crippen molar-refractivity contribution in [2.75, 3.05) is 13.2 Å². The van der Waals surface area contributed by atoms with E-state index in [0.717, 1.165) is 6.42 Å². The highest BCUT2D eigenvalue weighted by molar-refractivity contribution is 5.40. The maximum atomic E-state index is 11.3. The number of nitrogens with one attached hydrogen (secondary N) is 1. The van der Waals surface area contributed by atoms with Crippen LogP contribution in [0.15, 0.2) is 10.9 Å². The number of aromatic nitrogens is 4. The normalized spacial score (nSPS) is 10.9. The summed E-state index contributed by atoms with van der Waals surface area (Å²) in [5, 5.41) is 6.20. The number of hydrogen-bond donors (Lipinski definition) is 2. The first-order chi connectivity index (χ1) is 7.72. The molecule has 0 aromatic carbocycles. The van der Waals surface area contributed by atoms with Crippen LogP contribution in [0.2, 0.25) is 0 Å². The van der Waals surface area contributed by atoms with E-state index >= 15 is 0 Å². The summed E-state index contributed by atoms with van der Waals surface area (Å²) in [6.07, 6.45) is 0.763. The Balaban J connectivity index is 2.32. The minimum Gasteiger partial charge on any atom is -0.477 e. The minimum absolute atomic E-state index is 0.298. The SMILES string of the molecule is Cc1nc(OCCCN)cc2n[nH]c(=O)n12. The molecule has 0 aliphatic carbocycles. The van der Waals surface area contributed by atoms with Crippen LogP contribution in [-0.4, -0.2) is 32.7 Å². The molecule has 0 unspecified atom stereocenters. The molecule has 0 aliphatic rings. The van der Waals surface area contributed by atoms with E-state index in [-0.39, 0.29) is 5.69 Å². The molecule has 2 rings (SSSR count). The molecule has 16 heavy (non-hydrogen) atoms. The van der Waals surface area contributed by atoms with E-state index in [2.05, 4.69) is 15.2 Å². The number of hydrogen-bond acceptors (Lipinski definition) is 5. The van der Waals surface area contributed by atoms with Gasteiger partial charge in [0.1, 0.15) is 5.82 Å². The van der Waals surface area contributed by atoms with Gasteiger partial charge in [-0.25, -0.2) is 14.3 Å². The van der Waals surface area contributed by atoms with E-state index in [4.69, 9.17) is 10.5 Å². The molecule has 86 valence electrons.